The lowest BCUT2D eigenvalue weighted by Gasteiger charge is -2.31. The quantitative estimate of drug-likeness (QED) is 0.280. The minimum absolute atomic E-state index is 0.0281. The molecule has 0 radical (unpaired) electrons. The lowest BCUT2D eigenvalue weighted by molar-refractivity contribution is -0.140. The van der Waals surface area contributed by atoms with Crippen molar-refractivity contribution in [3.63, 3.8) is 0 Å². The number of carbonyl (C=O) groups excluding carboxylic acids is 2. The second-order valence-electron chi connectivity index (χ2n) is 9.26. The summed E-state index contributed by atoms with van der Waals surface area (Å²) in [6.07, 6.45) is 1.99. The molecule has 4 rings (SSSR count). The molecule has 0 saturated heterocycles. The predicted octanol–water partition coefficient (Wildman–Crippen LogP) is 4.74. The van der Waals surface area contributed by atoms with E-state index in [9.17, 15) is 14.0 Å². The molecule has 0 aliphatic heterocycles. The van der Waals surface area contributed by atoms with Crippen LogP contribution < -0.4 is 14.8 Å². The van der Waals surface area contributed by atoms with Crippen molar-refractivity contribution >= 4 is 11.8 Å². The van der Waals surface area contributed by atoms with Gasteiger partial charge in [-0.25, -0.2) is 4.39 Å². The smallest absolute Gasteiger partial charge is 0.243 e. The molecule has 1 atom stereocenters. The van der Waals surface area contributed by atoms with Crippen molar-refractivity contribution in [3.8, 4) is 11.5 Å². The van der Waals surface area contributed by atoms with Crippen LogP contribution in [0.5, 0.6) is 11.5 Å². The molecule has 0 spiro atoms. The van der Waals surface area contributed by atoms with Crippen LogP contribution in [0.25, 0.3) is 0 Å². The van der Waals surface area contributed by atoms with Gasteiger partial charge >= 0.3 is 0 Å². The molecule has 2 amide bonds. The van der Waals surface area contributed by atoms with Gasteiger partial charge in [0.15, 0.2) is 11.5 Å². The van der Waals surface area contributed by atoms with Gasteiger partial charge < -0.3 is 19.7 Å². The summed E-state index contributed by atoms with van der Waals surface area (Å²) < 4.78 is 24.4. The fourth-order valence-electron chi connectivity index (χ4n) is 4.41. The molecule has 7 nitrogen and oxygen atoms in total. The third-order valence-corrected chi connectivity index (χ3v) is 6.51. The van der Waals surface area contributed by atoms with E-state index in [1.165, 1.54) is 19.2 Å². The van der Waals surface area contributed by atoms with Gasteiger partial charge in [0, 0.05) is 19.2 Å². The van der Waals surface area contributed by atoms with E-state index in [1.807, 2.05) is 42.5 Å². The van der Waals surface area contributed by atoms with Crippen molar-refractivity contribution in [3.05, 3.63) is 125 Å². The highest BCUT2D eigenvalue weighted by Crippen LogP contribution is 2.28. The Hall–Kier alpha value is -4.72. The third-order valence-electron chi connectivity index (χ3n) is 6.51. The number of carbonyl (C=O) groups is 2. The zero-order valence-electron chi connectivity index (χ0n) is 22.5. The zero-order chi connectivity index (χ0) is 28.3. The van der Waals surface area contributed by atoms with Crippen molar-refractivity contribution in [2.45, 2.75) is 32.0 Å². The number of rotatable bonds is 12. The van der Waals surface area contributed by atoms with Gasteiger partial charge in [0.05, 0.1) is 32.9 Å². The number of amides is 2. The lowest BCUT2D eigenvalue weighted by atomic mass is 10.0. The summed E-state index contributed by atoms with van der Waals surface area (Å²) in [6.45, 7) is 0.347. The van der Waals surface area contributed by atoms with Crippen LogP contribution in [-0.2, 0) is 35.5 Å². The number of nitrogens with one attached hydrogen (secondary N) is 1. The first-order valence-corrected chi connectivity index (χ1v) is 12.9. The van der Waals surface area contributed by atoms with Crippen molar-refractivity contribution in [1.29, 1.82) is 0 Å². The Morgan fingerprint density at radius 1 is 0.850 bits per heavy atom. The third kappa shape index (κ3) is 7.66. The van der Waals surface area contributed by atoms with Crippen LogP contribution in [-0.4, -0.2) is 42.0 Å². The molecule has 1 heterocycles. The van der Waals surface area contributed by atoms with Crippen molar-refractivity contribution in [1.82, 2.24) is 15.2 Å². The normalized spacial score (nSPS) is 11.4. The number of ether oxygens (including phenoxy) is 2. The molecule has 0 aliphatic carbocycles. The molecule has 1 N–H and O–H groups in total. The number of halogens is 1. The second-order valence-corrected chi connectivity index (χ2v) is 9.26. The SMILES string of the molecule is COc1ccc(CC(=O)N(Cc2ccc(F)cc2)[C@H](Cc2ccccc2)C(=O)NCc2ccccn2)cc1OC. The molecular weight excluding hydrogens is 509 g/mol. The second kappa shape index (κ2) is 13.9. The number of hydrogen-bond donors (Lipinski definition) is 1. The van der Waals surface area contributed by atoms with Gasteiger partial charge in [-0.15, -0.1) is 0 Å². The molecule has 4 aromatic rings. The average molecular weight is 542 g/mol. The van der Waals surface area contributed by atoms with Crippen molar-refractivity contribution < 1.29 is 23.5 Å². The van der Waals surface area contributed by atoms with E-state index in [0.29, 0.717) is 34.7 Å². The number of hydrogen-bond acceptors (Lipinski definition) is 5. The van der Waals surface area contributed by atoms with Gasteiger partial charge in [0.1, 0.15) is 11.9 Å². The fraction of sp³-hybridized carbons (Fsp3) is 0.219. The molecule has 0 unspecified atom stereocenters. The topological polar surface area (TPSA) is 80.8 Å². The molecular formula is C32H32FN3O4. The first-order chi connectivity index (χ1) is 19.5. The largest absolute Gasteiger partial charge is 0.493 e. The Morgan fingerprint density at radius 2 is 1.55 bits per heavy atom. The van der Waals surface area contributed by atoms with E-state index in [1.54, 1.807) is 54.6 Å². The summed E-state index contributed by atoms with van der Waals surface area (Å²) in [5.74, 6) is 0.119. The highest BCUT2D eigenvalue weighted by molar-refractivity contribution is 5.88. The van der Waals surface area contributed by atoms with E-state index in [4.69, 9.17) is 9.47 Å². The lowest BCUT2D eigenvalue weighted by Crippen LogP contribution is -2.50. The van der Waals surface area contributed by atoms with Crippen LogP contribution in [0.4, 0.5) is 4.39 Å². The summed E-state index contributed by atoms with van der Waals surface area (Å²) in [7, 11) is 3.08. The monoisotopic (exact) mass is 541 g/mol. The predicted molar refractivity (Wildman–Crippen MR) is 150 cm³/mol. The maximum atomic E-state index is 13.9. The first-order valence-electron chi connectivity index (χ1n) is 12.9. The molecule has 1 aromatic heterocycles. The standard InChI is InChI=1S/C32H32FN3O4/c1-39-29-16-13-25(19-30(29)40-2)20-31(37)36(22-24-11-14-26(33)15-12-24)28(18-23-8-4-3-5-9-23)32(38)35-21-27-10-6-7-17-34-27/h3-17,19,28H,18,20-22H2,1-2H3,(H,35,38)/t28-/m1/s1. The maximum Gasteiger partial charge on any atom is 0.243 e. The summed E-state index contributed by atoms with van der Waals surface area (Å²) in [5, 5.41) is 2.95. The molecule has 3 aromatic carbocycles. The Labute approximate surface area is 233 Å². The molecule has 8 heteroatoms. The van der Waals surface area contributed by atoms with E-state index in [-0.39, 0.29) is 37.1 Å². The van der Waals surface area contributed by atoms with E-state index in [0.717, 1.165) is 5.56 Å². The van der Waals surface area contributed by atoms with E-state index in [2.05, 4.69) is 10.3 Å². The molecule has 206 valence electrons. The minimum Gasteiger partial charge on any atom is -0.493 e. The van der Waals surface area contributed by atoms with Crippen LogP contribution in [0.3, 0.4) is 0 Å². The van der Waals surface area contributed by atoms with Crippen LogP contribution in [0.1, 0.15) is 22.4 Å². The summed E-state index contributed by atoms with van der Waals surface area (Å²) in [4.78, 5) is 33.5. The minimum atomic E-state index is -0.830. The van der Waals surface area contributed by atoms with Gasteiger partial charge in [0.25, 0.3) is 0 Å². The Bertz CT molecular complexity index is 1400. The Kier molecular flexibility index (Phi) is 9.83. The van der Waals surface area contributed by atoms with E-state index >= 15 is 0 Å². The maximum absolute atomic E-state index is 13.9. The number of methoxy groups -OCH3 is 2. The molecule has 0 bridgehead atoms. The number of nitrogens with zero attached hydrogens (tertiary/aromatic N) is 2. The van der Waals surface area contributed by atoms with Crippen LogP contribution >= 0.6 is 0 Å². The van der Waals surface area contributed by atoms with Gasteiger partial charge in [-0.3, -0.25) is 14.6 Å². The van der Waals surface area contributed by atoms with Crippen LogP contribution in [0.15, 0.2) is 97.2 Å². The number of benzene rings is 3. The fourth-order valence-corrected chi connectivity index (χ4v) is 4.41. The van der Waals surface area contributed by atoms with Gasteiger partial charge in [-0.2, -0.15) is 0 Å². The molecule has 0 fully saturated rings. The molecule has 40 heavy (non-hydrogen) atoms. The number of pyridine rings is 1. The van der Waals surface area contributed by atoms with Gasteiger partial charge in [-0.1, -0.05) is 54.6 Å². The van der Waals surface area contributed by atoms with Gasteiger partial charge in [0.2, 0.25) is 11.8 Å². The van der Waals surface area contributed by atoms with E-state index < -0.39 is 6.04 Å². The zero-order valence-corrected chi connectivity index (χ0v) is 22.5. The molecule has 0 saturated carbocycles. The highest BCUT2D eigenvalue weighted by Gasteiger charge is 2.30. The Morgan fingerprint density at radius 3 is 2.23 bits per heavy atom. The van der Waals surface area contributed by atoms with Crippen molar-refractivity contribution in [2.24, 2.45) is 0 Å². The Balaban J connectivity index is 1.66. The summed E-state index contributed by atoms with van der Waals surface area (Å²) in [5.41, 5.74) is 3.02. The average Bonchev–Trinajstić information content (AvgIpc) is 2.99. The summed E-state index contributed by atoms with van der Waals surface area (Å²) >= 11 is 0. The highest BCUT2D eigenvalue weighted by atomic mass is 19.1. The van der Waals surface area contributed by atoms with Gasteiger partial charge in [-0.05, 0) is 53.1 Å². The summed E-state index contributed by atoms with van der Waals surface area (Å²) in [6, 6.07) is 25.4. The van der Waals surface area contributed by atoms with Crippen LogP contribution in [0, 0.1) is 5.82 Å². The number of aromatic nitrogens is 1. The van der Waals surface area contributed by atoms with Crippen LogP contribution in [0.2, 0.25) is 0 Å². The molecule has 0 aliphatic rings. The first kappa shape index (κ1) is 28.3. The van der Waals surface area contributed by atoms with Crippen molar-refractivity contribution in [2.75, 3.05) is 14.2 Å².